The lowest BCUT2D eigenvalue weighted by Crippen LogP contribution is -2.19. The SMILES string of the molecule is CCc1ccc(N=C2NC(=O)/C(=C\c3ccn(-c4ccc(OC)cc4)c3)S2)cc1. The van der Waals surface area contributed by atoms with Gasteiger partial charge in [0.15, 0.2) is 5.17 Å². The summed E-state index contributed by atoms with van der Waals surface area (Å²) >= 11 is 1.35. The van der Waals surface area contributed by atoms with Crippen LogP contribution in [0.5, 0.6) is 5.75 Å². The first-order chi connectivity index (χ1) is 14.1. The van der Waals surface area contributed by atoms with E-state index in [-0.39, 0.29) is 5.91 Å². The Bertz CT molecular complexity index is 1080. The highest BCUT2D eigenvalue weighted by atomic mass is 32.2. The molecule has 0 spiro atoms. The number of benzene rings is 2. The van der Waals surface area contributed by atoms with Gasteiger partial charge in [0.1, 0.15) is 5.75 Å². The van der Waals surface area contributed by atoms with Crippen LogP contribution in [-0.4, -0.2) is 22.8 Å². The van der Waals surface area contributed by atoms with Crippen LogP contribution in [0.4, 0.5) is 5.69 Å². The molecule has 0 atom stereocenters. The normalized spacial score (nSPS) is 16.4. The second-order valence-corrected chi connectivity index (χ2v) is 7.58. The first-order valence-corrected chi connectivity index (χ1v) is 10.2. The number of carbonyl (C=O) groups excluding carboxylic acids is 1. The first-order valence-electron chi connectivity index (χ1n) is 9.35. The molecule has 6 heteroatoms. The molecule has 0 radical (unpaired) electrons. The number of aryl methyl sites for hydroxylation is 1. The highest BCUT2D eigenvalue weighted by molar-refractivity contribution is 8.18. The van der Waals surface area contributed by atoms with E-state index in [1.54, 1.807) is 7.11 Å². The summed E-state index contributed by atoms with van der Waals surface area (Å²) in [5, 5.41) is 3.43. The van der Waals surface area contributed by atoms with Crippen LogP contribution < -0.4 is 10.1 Å². The number of hydrogen-bond donors (Lipinski definition) is 1. The smallest absolute Gasteiger partial charge is 0.264 e. The van der Waals surface area contributed by atoms with Gasteiger partial charge >= 0.3 is 0 Å². The van der Waals surface area contributed by atoms with E-state index in [4.69, 9.17) is 4.74 Å². The van der Waals surface area contributed by atoms with E-state index in [1.165, 1.54) is 17.3 Å². The van der Waals surface area contributed by atoms with Crippen molar-refractivity contribution in [2.45, 2.75) is 13.3 Å². The van der Waals surface area contributed by atoms with E-state index in [2.05, 4.69) is 29.4 Å². The van der Waals surface area contributed by atoms with Gasteiger partial charge in [0.2, 0.25) is 0 Å². The summed E-state index contributed by atoms with van der Waals surface area (Å²) in [6.07, 6.45) is 6.82. The van der Waals surface area contributed by atoms with Crippen LogP contribution >= 0.6 is 11.8 Å². The Morgan fingerprint density at radius 2 is 1.86 bits per heavy atom. The maximum absolute atomic E-state index is 12.3. The fraction of sp³-hybridized carbons (Fsp3) is 0.130. The van der Waals surface area contributed by atoms with Crippen molar-refractivity contribution >= 4 is 34.6 Å². The number of methoxy groups -OCH3 is 1. The van der Waals surface area contributed by atoms with E-state index in [1.807, 2.05) is 65.5 Å². The van der Waals surface area contributed by atoms with Crippen LogP contribution in [0.2, 0.25) is 0 Å². The molecule has 1 fully saturated rings. The Morgan fingerprint density at radius 1 is 1.10 bits per heavy atom. The number of ether oxygens (including phenoxy) is 1. The third kappa shape index (κ3) is 4.43. The third-order valence-electron chi connectivity index (χ3n) is 4.61. The molecule has 1 aromatic heterocycles. The maximum atomic E-state index is 12.3. The van der Waals surface area contributed by atoms with Gasteiger partial charge in [-0.1, -0.05) is 19.1 Å². The van der Waals surface area contributed by atoms with Crippen molar-refractivity contribution in [3.63, 3.8) is 0 Å². The van der Waals surface area contributed by atoms with Crippen molar-refractivity contribution in [1.29, 1.82) is 0 Å². The number of aliphatic imine (C=N–C) groups is 1. The molecule has 2 aromatic carbocycles. The van der Waals surface area contributed by atoms with Crippen LogP contribution in [0.25, 0.3) is 11.8 Å². The minimum Gasteiger partial charge on any atom is -0.497 e. The molecule has 0 unspecified atom stereocenters. The van der Waals surface area contributed by atoms with Gasteiger partial charge < -0.3 is 14.6 Å². The minimum atomic E-state index is -0.129. The molecule has 1 amide bonds. The van der Waals surface area contributed by atoms with Gasteiger partial charge in [0.25, 0.3) is 5.91 Å². The van der Waals surface area contributed by atoms with E-state index in [9.17, 15) is 4.79 Å². The van der Waals surface area contributed by atoms with Gasteiger partial charge in [-0.3, -0.25) is 4.79 Å². The monoisotopic (exact) mass is 403 g/mol. The summed E-state index contributed by atoms with van der Waals surface area (Å²) < 4.78 is 7.21. The highest BCUT2D eigenvalue weighted by Crippen LogP contribution is 2.28. The molecule has 1 aliphatic rings. The Hall–Kier alpha value is -3.25. The predicted molar refractivity (Wildman–Crippen MR) is 119 cm³/mol. The number of amidine groups is 1. The number of aromatic nitrogens is 1. The lowest BCUT2D eigenvalue weighted by atomic mass is 10.2. The van der Waals surface area contributed by atoms with Crippen molar-refractivity contribution in [3.05, 3.63) is 83.0 Å². The van der Waals surface area contributed by atoms with Gasteiger partial charge in [-0.15, -0.1) is 0 Å². The number of thioether (sulfide) groups is 1. The Labute approximate surface area is 174 Å². The lowest BCUT2D eigenvalue weighted by molar-refractivity contribution is -0.115. The van der Waals surface area contributed by atoms with Crippen molar-refractivity contribution in [3.8, 4) is 11.4 Å². The van der Waals surface area contributed by atoms with Crippen LogP contribution in [-0.2, 0) is 11.2 Å². The number of nitrogens with zero attached hydrogens (tertiary/aromatic N) is 2. The topological polar surface area (TPSA) is 55.6 Å². The first kappa shape index (κ1) is 19.1. The molecule has 3 aromatic rings. The molecule has 5 nitrogen and oxygen atoms in total. The lowest BCUT2D eigenvalue weighted by Gasteiger charge is -2.04. The molecule has 1 aliphatic heterocycles. The molecule has 29 heavy (non-hydrogen) atoms. The van der Waals surface area contributed by atoms with E-state index >= 15 is 0 Å². The Kier molecular flexibility index (Phi) is 5.53. The van der Waals surface area contributed by atoms with Crippen LogP contribution in [0.1, 0.15) is 18.1 Å². The molecular formula is C23H21N3O2S. The Morgan fingerprint density at radius 3 is 2.55 bits per heavy atom. The number of amides is 1. The summed E-state index contributed by atoms with van der Waals surface area (Å²) in [6.45, 7) is 2.12. The number of hydrogen-bond acceptors (Lipinski definition) is 4. The van der Waals surface area contributed by atoms with Gasteiger partial charge in [0.05, 0.1) is 17.7 Å². The zero-order chi connectivity index (χ0) is 20.2. The molecule has 0 bridgehead atoms. The van der Waals surface area contributed by atoms with Crippen molar-refractivity contribution < 1.29 is 9.53 Å². The fourth-order valence-electron chi connectivity index (χ4n) is 2.97. The zero-order valence-electron chi connectivity index (χ0n) is 16.3. The average molecular weight is 404 g/mol. The van der Waals surface area contributed by atoms with E-state index in [0.717, 1.165) is 29.1 Å². The van der Waals surface area contributed by atoms with Crippen LogP contribution in [0.15, 0.2) is 76.9 Å². The molecular weight excluding hydrogens is 382 g/mol. The zero-order valence-corrected chi connectivity index (χ0v) is 17.1. The third-order valence-corrected chi connectivity index (χ3v) is 5.52. The standard InChI is InChI=1S/C23H21N3O2S/c1-3-16-4-6-18(7-5-16)24-23-25-22(27)21(29-23)14-17-12-13-26(15-17)19-8-10-20(28-2)11-9-19/h4-15H,3H2,1-2H3,(H,24,25,27)/b21-14+. The Balaban J connectivity index is 1.50. The molecule has 2 heterocycles. The van der Waals surface area contributed by atoms with Gasteiger partial charge in [0, 0.05) is 18.1 Å². The minimum absolute atomic E-state index is 0.129. The van der Waals surface area contributed by atoms with E-state index in [0.29, 0.717) is 10.1 Å². The molecule has 0 aliphatic carbocycles. The fourth-order valence-corrected chi connectivity index (χ4v) is 3.81. The summed E-state index contributed by atoms with van der Waals surface area (Å²) in [5.74, 6) is 0.689. The van der Waals surface area contributed by atoms with Crippen LogP contribution in [0, 0.1) is 0 Å². The molecule has 1 saturated heterocycles. The largest absolute Gasteiger partial charge is 0.497 e. The average Bonchev–Trinajstić information content (AvgIpc) is 3.35. The van der Waals surface area contributed by atoms with Crippen LogP contribution in [0.3, 0.4) is 0 Å². The quantitative estimate of drug-likeness (QED) is 0.614. The molecule has 4 rings (SSSR count). The molecule has 0 saturated carbocycles. The second-order valence-electron chi connectivity index (χ2n) is 6.55. The highest BCUT2D eigenvalue weighted by Gasteiger charge is 2.23. The maximum Gasteiger partial charge on any atom is 0.264 e. The van der Waals surface area contributed by atoms with Gasteiger partial charge in [-0.05, 0) is 77.9 Å². The predicted octanol–water partition coefficient (Wildman–Crippen LogP) is 4.94. The van der Waals surface area contributed by atoms with E-state index < -0.39 is 0 Å². The summed E-state index contributed by atoms with van der Waals surface area (Å²) in [5.41, 5.74) is 4.07. The number of nitrogens with one attached hydrogen (secondary N) is 1. The molecule has 1 N–H and O–H groups in total. The second kappa shape index (κ2) is 8.41. The van der Waals surface area contributed by atoms with Crippen molar-refractivity contribution in [2.75, 3.05) is 7.11 Å². The van der Waals surface area contributed by atoms with Crippen molar-refractivity contribution in [1.82, 2.24) is 9.88 Å². The van der Waals surface area contributed by atoms with Gasteiger partial charge in [-0.2, -0.15) is 0 Å². The van der Waals surface area contributed by atoms with Crippen molar-refractivity contribution in [2.24, 2.45) is 4.99 Å². The number of carbonyl (C=O) groups is 1. The van der Waals surface area contributed by atoms with Gasteiger partial charge in [-0.25, -0.2) is 4.99 Å². The number of rotatable bonds is 5. The molecule has 146 valence electrons. The summed E-state index contributed by atoms with van der Waals surface area (Å²) in [4.78, 5) is 17.5. The summed E-state index contributed by atoms with van der Waals surface area (Å²) in [6, 6.07) is 17.8. The summed E-state index contributed by atoms with van der Waals surface area (Å²) in [7, 11) is 1.65.